The molecule has 4 nitrogen and oxygen atoms in total. The fourth-order valence-corrected chi connectivity index (χ4v) is 2.22. The van der Waals surface area contributed by atoms with Crippen LogP contribution >= 0.6 is 0 Å². The lowest BCUT2D eigenvalue weighted by molar-refractivity contribution is 0.0694. The summed E-state index contributed by atoms with van der Waals surface area (Å²) in [5, 5.41) is 3.47. The fourth-order valence-electron chi connectivity index (χ4n) is 2.22. The molecule has 0 radical (unpaired) electrons. The van der Waals surface area contributed by atoms with E-state index in [0.29, 0.717) is 19.1 Å². The molecule has 1 atom stereocenters. The molecule has 0 spiro atoms. The Bertz CT molecular complexity index is 370. The van der Waals surface area contributed by atoms with Crippen molar-refractivity contribution in [1.82, 2.24) is 5.32 Å². The normalized spacial score (nSPS) is 17.2. The minimum atomic E-state index is 0.477. The molecule has 1 aromatic carbocycles. The molecule has 1 heterocycles. The lowest BCUT2D eigenvalue weighted by atomic mass is 10.0. The largest absolute Gasteiger partial charge is 0.493 e. The van der Waals surface area contributed by atoms with E-state index < -0.39 is 0 Å². The summed E-state index contributed by atoms with van der Waals surface area (Å²) >= 11 is 0. The van der Waals surface area contributed by atoms with Gasteiger partial charge in [-0.2, -0.15) is 0 Å². The van der Waals surface area contributed by atoms with Gasteiger partial charge in [0, 0.05) is 31.7 Å². The fraction of sp³-hybridized carbons (Fsp3) is 0.600. The molecule has 1 N–H and O–H groups in total. The quantitative estimate of drug-likeness (QED) is 0.691. The molecule has 0 aromatic heterocycles. The number of nitrogens with one attached hydrogen (secondary N) is 1. The van der Waals surface area contributed by atoms with E-state index in [1.807, 2.05) is 12.1 Å². The van der Waals surface area contributed by atoms with Crippen LogP contribution < -0.4 is 10.1 Å². The van der Waals surface area contributed by atoms with Crippen molar-refractivity contribution in [2.24, 2.45) is 0 Å². The van der Waals surface area contributed by atoms with Crippen molar-refractivity contribution in [3.05, 3.63) is 29.8 Å². The van der Waals surface area contributed by atoms with Crippen molar-refractivity contribution in [2.45, 2.75) is 12.3 Å². The second kappa shape index (κ2) is 8.15. The summed E-state index contributed by atoms with van der Waals surface area (Å²) in [6.45, 7) is 4.87. The Morgan fingerprint density at radius 3 is 3.05 bits per heavy atom. The van der Waals surface area contributed by atoms with E-state index in [1.54, 1.807) is 7.11 Å². The Morgan fingerprint density at radius 2 is 2.16 bits per heavy atom. The zero-order valence-corrected chi connectivity index (χ0v) is 11.6. The van der Waals surface area contributed by atoms with Gasteiger partial charge in [-0.25, -0.2) is 0 Å². The maximum absolute atomic E-state index is 5.65. The van der Waals surface area contributed by atoms with Crippen LogP contribution in [0.2, 0.25) is 0 Å². The summed E-state index contributed by atoms with van der Waals surface area (Å²) in [7, 11) is 1.69. The predicted octanol–water partition coefficient (Wildman–Crippen LogP) is 1.81. The van der Waals surface area contributed by atoms with E-state index in [0.717, 1.165) is 38.5 Å². The lowest BCUT2D eigenvalue weighted by Crippen LogP contribution is -2.24. The second-order valence-electron chi connectivity index (χ2n) is 4.71. The third kappa shape index (κ3) is 4.49. The first kappa shape index (κ1) is 14.3. The second-order valence-corrected chi connectivity index (χ2v) is 4.71. The van der Waals surface area contributed by atoms with E-state index >= 15 is 0 Å². The number of rotatable bonds is 9. The highest BCUT2D eigenvalue weighted by atomic mass is 16.5. The van der Waals surface area contributed by atoms with E-state index in [-0.39, 0.29) is 0 Å². The van der Waals surface area contributed by atoms with Gasteiger partial charge in [0.15, 0.2) is 0 Å². The van der Waals surface area contributed by atoms with Crippen LogP contribution in [0.5, 0.6) is 5.75 Å². The standard InChI is InChI=1S/C15H23NO3/c1-17-9-10-18-8-4-7-16-11-13-12-19-15-6-3-2-5-14(13)15/h2-3,5-6,13,16H,4,7-12H2,1H3. The third-order valence-electron chi connectivity index (χ3n) is 3.26. The van der Waals surface area contributed by atoms with Crippen LogP contribution in [0, 0.1) is 0 Å². The summed E-state index contributed by atoms with van der Waals surface area (Å²) in [6, 6.07) is 8.29. The minimum absolute atomic E-state index is 0.477. The Hall–Kier alpha value is -1.10. The van der Waals surface area contributed by atoms with Crippen LogP contribution in [0.3, 0.4) is 0 Å². The molecule has 4 heteroatoms. The summed E-state index contributed by atoms with van der Waals surface area (Å²) in [5.74, 6) is 1.52. The van der Waals surface area contributed by atoms with Gasteiger partial charge in [0.2, 0.25) is 0 Å². The molecule has 1 aliphatic heterocycles. The summed E-state index contributed by atoms with van der Waals surface area (Å²) in [6.07, 6.45) is 1.03. The maximum Gasteiger partial charge on any atom is 0.122 e. The SMILES string of the molecule is COCCOCCCNCC1COc2ccccc21. The summed E-state index contributed by atoms with van der Waals surface area (Å²) in [4.78, 5) is 0. The Kier molecular flexibility index (Phi) is 6.14. The number of hydrogen-bond acceptors (Lipinski definition) is 4. The van der Waals surface area contributed by atoms with E-state index in [1.165, 1.54) is 5.56 Å². The van der Waals surface area contributed by atoms with Gasteiger partial charge in [-0.1, -0.05) is 18.2 Å². The van der Waals surface area contributed by atoms with Gasteiger partial charge in [0.1, 0.15) is 5.75 Å². The summed E-state index contributed by atoms with van der Waals surface area (Å²) < 4.78 is 16.0. The lowest BCUT2D eigenvalue weighted by Gasteiger charge is -2.10. The highest BCUT2D eigenvalue weighted by Gasteiger charge is 2.22. The van der Waals surface area contributed by atoms with E-state index in [9.17, 15) is 0 Å². The third-order valence-corrected chi connectivity index (χ3v) is 3.26. The minimum Gasteiger partial charge on any atom is -0.493 e. The number of ether oxygens (including phenoxy) is 3. The van der Waals surface area contributed by atoms with Gasteiger partial charge >= 0.3 is 0 Å². The van der Waals surface area contributed by atoms with Crippen molar-refractivity contribution in [1.29, 1.82) is 0 Å². The average Bonchev–Trinajstić information content (AvgIpc) is 2.85. The van der Waals surface area contributed by atoms with Crippen molar-refractivity contribution >= 4 is 0 Å². The molecule has 1 aliphatic rings. The van der Waals surface area contributed by atoms with Crippen LogP contribution in [0.25, 0.3) is 0 Å². The molecule has 19 heavy (non-hydrogen) atoms. The highest BCUT2D eigenvalue weighted by Crippen LogP contribution is 2.32. The number of fused-ring (bicyclic) bond motifs is 1. The van der Waals surface area contributed by atoms with Crippen LogP contribution in [0.1, 0.15) is 17.9 Å². The van der Waals surface area contributed by atoms with Gasteiger partial charge in [0.25, 0.3) is 0 Å². The maximum atomic E-state index is 5.65. The van der Waals surface area contributed by atoms with Gasteiger partial charge in [-0.05, 0) is 19.0 Å². The van der Waals surface area contributed by atoms with Crippen LogP contribution in [-0.2, 0) is 9.47 Å². The van der Waals surface area contributed by atoms with Crippen molar-refractivity contribution in [3.8, 4) is 5.75 Å². The zero-order chi connectivity index (χ0) is 13.3. The van der Waals surface area contributed by atoms with Crippen molar-refractivity contribution < 1.29 is 14.2 Å². The molecule has 0 bridgehead atoms. The van der Waals surface area contributed by atoms with E-state index in [2.05, 4.69) is 17.4 Å². The van der Waals surface area contributed by atoms with E-state index in [4.69, 9.17) is 14.2 Å². The van der Waals surface area contributed by atoms with Crippen molar-refractivity contribution in [3.63, 3.8) is 0 Å². The van der Waals surface area contributed by atoms with Gasteiger partial charge in [-0.3, -0.25) is 0 Å². The average molecular weight is 265 g/mol. The Morgan fingerprint density at radius 1 is 1.26 bits per heavy atom. The molecule has 2 rings (SSSR count). The molecular weight excluding hydrogens is 242 g/mol. The van der Waals surface area contributed by atoms with Gasteiger partial charge in [0.05, 0.1) is 19.8 Å². The molecule has 0 aliphatic carbocycles. The molecule has 0 saturated heterocycles. The first-order chi connectivity index (χ1) is 9.42. The number of para-hydroxylation sites is 1. The first-order valence-electron chi connectivity index (χ1n) is 6.91. The molecule has 106 valence electrons. The molecule has 1 aromatic rings. The smallest absolute Gasteiger partial charge is 0.122 e. The molecule has 0 amide bonds. The molecule has 0 saturated carbocycles. The Labute approximate surface area is 115 Å². The zero-order valence-electron chi connectivity index (χ0n) is 11.6. The van der Waals surface area contributed by atoms with Crippen molar-refractivity contribution in [2.75, 3.05) is 46.6 Å². The van der Waals surface area contributed by atoms with Gasteiger partial charge in [-0.15, -0.1) is 0 Å². The summed E-state index contributed by atoms with van der Waals surface area (Å²) in [5.41, 5.74) is 1.33. The van der Waals surface area contributed by atoms with Crippen LogP contribution in [0.15, 0.2) is 24.3 Å². The number of methoxy groups -OCH3 is 1. The number of benzene rings is 1. The number of hydrogen-bond donors (Lipinski definition) is 1. The predicted molar refractivity (Wildman–Crippen MR) is 74.9 cm³/mol. The van der Waals surface area contributed by atoms with Crippen LogP contribution in [0.4, 0.5) is 0 Å². The Balaban J connectivity index is 1.55. The molecule has 0 fully saturated rings. The molecular formula is C15H23NO3. The highest BCUT2D eigenvalue weighted by molar-refractivity contribution is 5.39. The topological polar surface area (TPSA) is 39.7 Å². The van der Waals surface area contributed by atoms with Crippen LogP contribution in [-0.4, -0.2) is 46.6 Å². The first-order valence-corrected chi connectivity index (χ1v) is 6.91. The van der Waals surface area contributed by atoms with Gasteiger partial charge < -0.3 is 19.5 Å². The molecule has 1 unspecified atom stereocenters. The monoisotopic (exact) mass is 265 g/mol.